The van der Waals surface area contributed by atoms with Gasteiger partial charge < -0.3 is 5.11 Å². The molecule has 1 aromatic rings. The van der Waals surface area contributed by atoms with Crippen LogP contribution in [0.3, 0.4) is 0 Å². The molecule has 0 aliphatic heterocycles. The number of carboxylic acids is 1. The average Bonchev–Trinajstić information content (AvgIpc) is 2.33. The molecule has 1 aromatic carbocycles. The van der Waals surface area contributed by atoms with Gasteiger partial charge in [-0.15, -0.1) is 0 Å². The first-order valence-electron chi connectivity index (χ1n) is 5.40. The fraction of sp³-hybridized carbons (Fsp3) is 0.214. The number of carbonyl (C=O) groups is 1. The molecule has 88 valence electrons. The van der Waals surface area contributed by atoms with E-state index in [1.807, 2.05) is 36.4 Å². The van der Waals surface area contributed by atoms with Crippen molar-refractivity contribution in [3.8, 4) is 0 Å². The first kappa shape index (κ1) is 11.9. The molecule has 17 heavy (non-hydrogen) atoms. The van der Waals surface area contributed by atoms with E-state index >= 15 is 0 Å². The van der Waals surface area contributed by atoms with Crippen LogP contribution < -0.4 is 0 Å². The predicted octanol–water partition coefficient (Wildman–Crippen LogP) is 3.69. The number of aliphatic carboxylic acids is 1. The average molecular weight is 249 g/mol. The van der Waals surface area contributed by atoms with Crippen molar-refractivity contribution < 1.29 is 9.90 Å². The van der Waals surface area contributed by atoms with Gasteiger partial charge in [-0.2, -0.15) is 0 Å². The molecule has 1 unspecified atom stereocenters. The zero-order valence-electron chi connectivity index (χ0n) is 9.48. The highest BCUT2D eigenvalue weighted by molar-refractivity contribution is 6.32. The standard InChI is InChI=1S/C14H13ClO2/c1-14(13(16)17)9-11(7-8-12(14)15)10-5-3-2-4-6-10/h2-8H,9H2,1H3,(H,16,17). The predicted molar refractivity (Wildman–Crippen MR) is 68.7 cm³/mol. The molecule has 0 spiro atoms. The summed E-state index contributed by atoms with van der Waals surface area (Å²) in [4.78, 5) is 11.3. The number of benzene rings is 1. The number of hydrogen-bond donors (Lipinski definition) is 1. The number of halogens is 1. The maximum absolute atomic E-state index is 11.3. The third-order valence-electron chi connectivity index (χ3n) is 3.12. The van der Waals surface area contributed by atoms with Crippen molar-refractivity contribution in [2.75, 3.05) is 0 Å². The smallest absolute Gasteiger partial charge is 0.315 e. The van der Waals surface area contributed by atoms with Crippen LogP contribution in [0.15, 0.2) is 47.5 Å². The van der Waals surface area contributed by atoms with Crippen LogP contribution >= 0.6 is 11.6 Å². The fourth-order valence-electron chi connectivity index (χ4n) is 1.91. The van der Waals surface area contributed by atoms with Gasteiger partial charge in [0.05, 0.1) is 0 Å². The van der Waals surface area contributed by atoms with Crippen LogP contribution in [-0.4, -0.2) is 11.1 Å². The van der Waals surface area contributed by atoms with Gasteiger partial charge in [-0.25, -0.2) is 0 Å². The van der Waals surface area contributed by atoms with Crippen molar-refractivity contribution in [1.29, 1.82) is 0 Å². The van der Waals surface area contributed by atoms with Gasteiger partial charge in [0.1, 0.15) is 5.41 Å². The molecule has 0 saturated heterocycles. The molecule has 0 heterocycles. The summed E-state index contributed by atoms with van der Waals surface area (Å²) in [6.45, 7) is 1.66. The molecule has 0 bridgehead atoms. The van der Waals surface area contributed by atoms with Crippen LogP contribution in [-0.2, 0) is 4.79 Å². The second-order valence-corrected chi connectivity index (χ2v) is 4.79. The van der Waals surface area contributed by atoms with E-state index < -0.39 is 11.4 Å². The lowest BCUT2D eigenvalue weighted by atomic mass is 9.78. The quantitative estimate of drug-likeness (QED) is 0.867. The van der Waals surface area contributed by atoms with Crippen LogP contribution in [0, 0.1) is 5.41 Å². The lowest BCUT2D eigenvalue weighted by Crippen LogP contribution is -2.29. The third-order valence-corrected chi connectivity index (χ3v) is 3.66. The number of rotatable bonds is 2. The van der Waals surface area contributed by atoms with Gasteiger partial charge in [0, 0.05) is 5.03 Å². The highest BCUT2D eigenvalue weighted by Gasteiger charge is 2.39. The summed E-state index contributed by atoms with van der Waals surface area (Å²) in [5.74, 6) is -0.889. The maximum atomic E-state index is 11.3. The van der Waals surface area contributed by atoms with E-state index in [-0.39, 0.29) is 0 Å². The van der Waals surface area contributed by atoms with Crippen LogP contribution in [0.5, 0.6) is 0 Å². The largest absolute Gasteiger partial charge is 0.481 e. The summed E-state index contributed by atoms with van der Waals surface area (Å²) in [6.07, 6.45) is 3.99. The zero-order valence-corrected chi connectivity index (χ0v) is 10.2. The first-order chi connectivity index (χ1) is 8.04. The first-order valence-corrected chi connectivity index (χ1v) is 5.77. The Balaban J connectivity index is 2.39. The van der Waals surface area contributed by atoms with E-state index in [1.165, 1.54) is 0 Å². The highest BCUT2D eigenvalue weighted by Crippen LogP contribution is 2.42. The molecule has 0 aromatic heterocycles. The number of carboxylic acid groups (broad SMARTS) is 1. The summed E-state index contributed by atoms with van der Waals surface area (Å²) in [5, 5.41) is 9.66. The van der Waals surface area contributed by atoms with Gasteiger partial charge in [-0.3, -0.25) is 4.79 Å². The molecule has 0 amide bonds. The van der Waals surface area contributed by atoms with Crippen molar-refractivity contribution in [3.63, 3.8) is 0 Å². The maximum Gasteiger partial charge on any atom is 0.315 e. The van der Waals surface area contributed by atoms with E-state index in [0.717, 1.165) is 11.1 Å². The summed E-state index contributed by atoms with van der Waals surface area (Å²) < 4.78 is 0. The molecule has 1 aliphatic rings. The Morgan fingerprint density at radius 3 is 2.53 bits per heavy atom. The number of hydrogen-bond acceptors (Lipinski definition) is 1. The fourth-order valence-corrected chi connectivity index (χ4v) is 2.12. The highest BCUT2D eigenvalue weighted by atomic mass is 35.5. The molecule has 2 rings (SSSR count). The van der Waals surface area contributed by atoms with Crippen LogP contribution in [0.25, 0.3) is 5.57 Å². The summed E-state index contributed by atoms with van der Waals surface area (Å²) in [7, 11) is 0. The Morgan fingerprint density at radius 2 is 1.94 bits per heavy atom. The minimum Gasteiger partial charge on any atom is -0.481 e. The van der Waals surface area contributed by atoms with E-state index in [2.05, 4.69) is 0 Å². The van der Waals surface area contributed by atoms with E-state index in [9.17, 15) is 9.90 Å². The van der Waals surface area contributed by atoms with Gasteiger partial charge in [0.25, 0.3) is 0 Å². The SMILES string of the molecule is CC1(C(=O)O)CC(c2ccccc2)=CC=C1Cl. The Bertz CT molecular complexity index is 502. The van der Waals surface area contributed by atoms with Crippen molar-refractivity contribution in [3.05, 3.63) is 53.1 Å². The molecular weight excluding hydrogens is 236 g/mol. The summed E-state index contributed by atoms with van der Waals surface area (Å²) >= 11 is 6.01. The summed E-state index contributed by atoms with van der Waals surface area (Å²) in [5.41, 5.74) is 1.03. The zero-order chi connectivity index (χ0) is 12.5. The van der Waals surface area contributed by atoms with Gasteiger partial charge >= 0.3 is 5.97 Å². The van der Waals surface area contributed by atoms with Crippen molar-refractivity contribution >= 4 is 23.1 Å². The molecular formula is C14H13ClO2. The molecule has 0 fully saturated rings. The monoisotopic (exact) mass is 248 g/mol. The van der Waals surface area contributed by atoms with Crippen LogP contribution in [0.1, 0.15) is 18.9 Å². The van der Waals surface area contributed by atoms with E-state index in [4.69, 9.17) is 11.6 Å². The van der Waals surface area contributed by atoms with Crippen molar-refractivity contribution in [1.82, 2.24) is 0 Å². The van der Waals surface area contributed by atoms with Gasteiger partial charge in [0.15, 0.2) is 0 Å². The molecule has 0 radical (unpaired) electrons. The van der Waals surface area contributed by atoms with E-state index in [1.54, 1.807) is 13.0 Å². The third kappa shape index (κ3) is 2.13. The van der Waals surface area contributed by atoms with E-state index in [0.29, 0.717) is 11.5 Å². The summed E-state index contributed by atoms with van der Waals surface area (Å²) in [6, 6.07) is 9.76. The lowest BCUT2D eigenvalue weighted by molar-refractivity contribution is -0.145. The number of allylic oxidation sites excluding steroid dienone is 3. The normalized spacial score (nSPS) is 23.9. The van der Waals surface area contributed by atoms with Crippen LogP contribution in [0.4, 0.5) is 0 Å². The molecule has 1 atom stereocenters. The van der Waals surface area contributed by atoms with Gasteiger partial charge in [0.2, 0.25) is 0 Å². The van der Waals surface area contributed by atoms with Crippen molar-refractivity contribution in [2.24, 2.45) is 5.41 Å². The molecule has 0 saturated carbocycles. The Morgan fingerprint density at radius 1 is 1.29 bits per heavy atom. The second-order valence-electron chi connectivity index (χ2n) is 4.39. The van der Waals surface area contributed by atoms with Gasteiger partial charge in [-0.1, -0.05) is 48.0 Å². The lowest BCUT2D eigenvalue weighted by Gasteiger charge is -2.28. The minimum absolute atomic E-state index is 0.379. The Labute approximate surface area is 105 Å². The minimum atomic E-state index is -1.01. The molecule has 1 aliphatic carbocycles. The molecule has 2 nitrogen and oxygen atoms in total. The molecule has 1 N–H and O–H groups in total. The molecule has 3 heteroatoms. The Hall–Kier alpha value is -1.54. The Kier molecular flexibility index (Phi) is 3.07. The van der Waals surface area contributed by atoms with Gasteiger partial charge in [-0.05, 0) is 30.6 Å². The second kappa shape index (κ2) is 4.38. The topological polar surface area (TPSA) is 37.3 Å². The van der Waals surface area contributed by atoms with Crippen LogP contribution in [0.2, 0.25) is 0 Å². The van der Waals surface area contributed by atoms with Crippen molar-refractivity contribution in [2.45, 2.75) is 13.3 Å².